The van der Waals surface area contributed by atoms with E-state index in [0.717, 1.165) is 12.1 Å². The summed E-state index contributed by atoms with van der Waals surface area (Å²) in [6, 6.07) is 10.8. The summed E-state index contributed by atoms with van der Waals surface area (Å²) in [5, 5.41) is 0. The van der Waals surface area contributed by atoms with Crippen molar-refractivity contribution < 1.29 is 22.3 Å². The molecule has 2 aromatic carbocycles. The second-order valence-corrected chi connectivity index (χ2v) is 6.66. The molecule has 154 valence electrons. The minimum Gasteiger partial charge on any atom is -0.494 e. The molecule has 0 atom stereocenters. The minimum absolute atomic E-state index is 0.0491. The Morgan fingerprint density at radius 3 is 2.60 bits per heavy atom. The van der Waals surface area contributed by atoms with Crippen molar-refractivity contribution in [3.05, 3.63) is 82.2 Å². The van der Waals surface area contributed by atoms with Gasteiger partial charge in [0.15, 0.2) is 17.2 Å². The van der Waals surface area contributed by atoms with Gasteiger partial charge in [-0.05, 0) is 41.5 Å². The average Bonchev–Trinajstić information content (AvgIpc) is 3.02. The van der Waals surface area contributed by atoms with Crippen molar-refractivity contribution in [2.75, 3.05) is 7.11 Å². The highest BCUT2D eigenvalue weighted by Crippen LogP contribution is 2.32. The van der Waals surface area contributed by atoms with E-state index in [1.165, 1.54) is 42.1 Å². The number of aromatic nitrogens is 3. The summed E-state index contributed by atoms with van der Waals surface area (Å²) in [7, 11) is 1.35. The quantitative estimate of drug-likeness (QED) is 0.494. The van der Waals surface area contributed by atoms with Gasteiger partial charge in [0.2, 0.25) is 0 Å². The van der Waals surface area contributed by atoms with Crippen LogP contribution in [0.25, 0.3) is 22.3 Å². The van der Waals surface area contributed by atoms with Crippen LogP contribution < -0.4 is 10.4 Å². The molecule has 0 spiro atoms. The number of hydrogen-bond acceptors (Lipinski definition) is 3. The van der Waals surface area contributed by atoms with Gasteiger partial charge in [-0.15, -0.1) is 0 Å². The minimum atomic E-state index is -4.47. The van der Waals surface area contributed by atoms with Crippen molar-refractivity contribution in [3.8, 4) is 16.9 Å². The molecule has 0 saturated carbocycles. The standard InChI is InChI=1S/C21H15F4N3O2/c1-30-18-6-5-12(7-16(18)22)11-28-17-9-14(10-26-19(17)27-20(28)29)13-3-2-4-15(8-13)21(23,24)25/h2-10H,11H2,1H3,(H,26,27,29). The van der Waals surface area contributed by atoms with E-state index in [-0.39, 0.29) is 17.9 Å². The van der Waals surface area contributed by atoms with Crippen LogP contribution in [0.1, 0.15) is 11.1 Å². The van der Waals surface area contributed by atoms with Crippen molar-refractivity contribution in [3.63, 3.8) is 0 Å². The first kappa shape index (κ1) is 19.7. The lowest BCUT2D eigenvalue weighted by molar-refractivity contribution is -0.137. The molecule has 4 rings (SSSR count). The molecule has 9 heteroatoms. The molecule has 2 aromatic heterocycles. The highest BCUT2D eigenvalue weighted by Gasteiger charge is 2.30. The van der Waals surface area contributed by atoms with E-state index in [2.05, 4.69) is 9.97 Å². The molecule has 0 aliphatic heterocycles. The zero-order chi connectivity index (χ0) is 21.5. The smallest absolute Gasteiger partial charge is 0.416 e. The van der Waals surface area contributed by atoms with Gasteiger partial charge in [-0.25, -0.2) is 14.2 Å². The molecule has 0 fully saturated rings. The molecule has 2 heterocycles. The van der Waals surface area contributed by atoms with Crippen molar-refractivity contribution in [1.29, 1.82) is 0 Å². The summed E-state index contributed by atoms with van der Waals surface area (Å²) in [6.45, 7) is 0.0491. The molecule has 0 aliphatic carbocycles. The van der Waals surface area contributed by atoms with Crippen LogP contribution in [0.4, 0.5) is 17.6 Å². The Labute approximate surface area is 167 Å². The predicted octanol–water partition coefficient (Wildman–Crippen LogP) is 4.61. The van der Waals surface area contributed by atoms with Gasteiger partial charge in [0.25, 0.3) is 0 Å². The van der Waals surface area contributed by atoms with E-state index in [9.17, 15) is 22.4 Å². The Morgan fingerprint density at radius 2 is 1.90 bits per heavy atom. The fourth-order valence-electron chi connectivity index (χ4n) is 3.21. The zero-order valence-corrected chi connectivity index (χ0v) is 15.6. The molecule has 0 saturated heterocycles. The van der Waals surface area contributed by atoms with E-state index >= 15 is 0 Å². The fraction of sp³-hybridized carbons (Fsp3) is 0.143. The molecule has 30 heavy (non-hydrogen) atoms. The first-order valence-corrected chi connectivity index (χ1v) is 8.85. The summed E-state index contributed by atoms with van der Waals surface area (Å²) in [4.78, 5) is 19.1. The third-order valence-electron chi connectivity index (χ3n) is 4.71. The van der Waals surface area contributed by atoms with Gasteiger partial charge in [-0.1, -0.05) is 18.2 Å². The molecule has 0 bridgehead atoms. The van der Waals surface area contributed by atoms with Gasteiger partial charge in [-0.3, -0.25) is 9.55 Å². The number of aromatic amines is 1. The normalized spacial score (nSPS) is 11.8. The Balaban J connectivity index is 1.77. The van der Waals surface area contributed by atoms with Gasteiger partial charge in [0.05, 0.1) is 24.7 Å². The molecule has 5 nitrogen and oxygen atoms in total. The second-order valence-electron chi connectivity index (χ2n) is 6.66. The lowest BCUT2D eigenvalue weighted by Gasteiger charge is -2.09. The highest BCUT2D eigenvalue weighted by molar-refractivity contribution is 5.78. The van der Waals surface area contributed by atoms with E-state index in [4.69, 9.17) is 4.74 Å². The molecule has 4 aromatic rings. The Bertz CT molecular complexity index is 1290. The molecule has 0 unspecified atom stereocenters. The molecular weight excluding hydrogens is 402 g/mol. The van der Waals surface area contributed by atoms with Crippen molar-refractivity contribution in [2.45, 2.75) is 12.7 Å². The summed E-state index contributed by atoms with van der Waals surface area (Å²) >= 11 is 0. The SMILES string of the molecule is COc1ccc(Cn2c(=O)[nH]c3ncc(-c4cccc(C(F)(F)F)c4)cc32)cc1F. The van der Waals surface area contributed by atoms with E-state index < -0.39 is 23.2 Å². The third-order valence-corrected chi connectivity index (χ3v) is 4.71. The van der Waals surface area contributed by atoms with Crippen molar-refractivity contribution in [2.24, 2.45) is 0 Å². The lowest BCUT2D eigenvalue weighted by atomic mass is 10.0. The molecule has 0 aliphatic rings. The van der Waals surface area contributed by atoms with Crippen LogP contribution in [-0.4, -0.2) is 21.6 Å². The van der Waals surface area contributed by atoms with Gasteiger partial charge in [-0.2, -0.15) is 13.2 Å². The van der Waals surface area contributed by atoms with Gasteiger partial charge >= 0.3 is 11.9 Å². The number of benzene rings is 2. The van der Waals surface area contributed by atoms with Crippen LogP contribution in [0.3, 0.4) is 0 Å². The number of ether oxygens (including phenoxy) is 1. The highest BCUT2D eigenvalue weighted by atomic mass is 19.4. The van der Waals surface area contributed by atoms with E-state index in [1.807, 2.05) is 0 Å². The van der Waals surface area contributed by atoms with Crippen LogP contribution in [0, 0.1) is 5.82 Å². The van der Waals surface area contributed by atoms with E-state index in [1.54, 1.807) is 12.1 Å². The number of halogens is 4. The average molecular weight is 417 g/mol. The Morgan fingerprint density at radius 1 is 1.10 bits per heavy atom. The number of methoxy groups -OCH3 is 1. The van der Waals surface area contributed by atoms with E-state index in [0.29, 0.717) is 22.2 Å². The van der Waals surface area contributed by atoms with Gasteiger partial charge < -0.3 is 4.74 Å². The van der Waals surface area contributed by atoms with Gasteiger partial charge in [0.1, 0.15) is 0 Å². The fourth-order valence-corrected chi connectivity index (χ4v) is 3.21. The van der Waals surface area contributed by atoms with Crippen LogP contribution in [0.5, 0.6) is 5.75 Å². The second kappa shape index (κ2) is 7.33. The number of pyridine rings is 1. The maximum absolute atomic E-state index is 14.0. The zero-order valence-electron chi connectivity index (χ0n) is 15.6. The largest absolute Gasteiger partial charge is 0.494 e. The number of fused-ring (bicyclic) bond motifs is 1. The number of imidazole rings is 1. The number of rotatable bonds is 4. The van der Waals surface area contributed by atoms with Crippen molar-refractivity contribution in [1.82, 2.24) is 14.5 Å². The summed E-state index contributed by atoms with van der Waals surface area (Å²) in [6.07, 6.45) is -3.08. The van der Waals surface area contributed by atoms with Crippen LogP contribution in [0.15, 0.2) is 59.5 Å². The van der Waals surface area contributed by atoms with Crippen LogP contribution in [0.2, 0.25) is 0 Å². The predicted molar refractivity (Wildman–Crippen MR) is 103 cm³/mol. The molecule has 0 amide bonds. The molecular formula is C21H15F4N3O2. The summed E-state index contributed by atoms with van der Waals surface area (Å²) in [5.74, 6) is -0.482. The Kier molecular flexibility index (Phi) is 4.81. The number of nitrogens with zero attached hydrogens (tertiary/aromatic N) is 2. The summed E-state index contributed by atoms with van der Waals surface area (Å²) in [5.41, 5.74) is 0.684. The van der Waals surface area contributed by atoms with Crippen LogP contribution in [-0.2, 0) is 12.7 Å². The monoisotopic (exact) mass is 417 g/mol. The number of alkyl halides is 3. The first-order chi connectivity index (χ1) is 14.3. The molecule has 0 radical (unpaired) electrons. The Hall–Kier alpha value is -3.62. The maximum Gasteiger partial charge on any atom is 0.416 e. The number of H-pyrrole nitrogens is 1. The van der Waals surface area contributed by atoms with Crippen molar-refractivity contribution >= 4 is 11.2 Å². The molecule has 1 N–H and O–H groups in total. The van der Waals surface area contributed by atoms with Gasteiger partial charge in [0, 0.05) is 11.8 Å². The topological polar surface area (TPSA) is 59.9 Å². The summed E-state index contributed by atoms with van der Waals surface area (Å²) < 4.78 is 59.3. The first-order valence-electron chi connectivity index (χ1n) is 8.85. The maximum atomic E-state index is 14.0. The third kappa shape index (κ3) is 3.66. The van der Waals surface area contributed by atoms with Crippen LogP contribution >= 0.6 is 0 Å². The lowest BCUT2D eigenvalue weighted by Crippen LogP contribution is -2.17. The number of nitrogens with one attached hydrogen (secondary N) is 1. The number of hydrogen-bond donors (Lipinski definition) is 1.